The van der Waals surface area contributed by atoms with E-state index in [0.29, 0.717) is 0 Å². The van der Waals surface area contributed by atoms with E-state index in [1.807, 2.05) is 0 Å². The molecular weight excluding hydrogens is 208 g/mol. The van der Waals surface area contributed by atoms with Crippen molar-refractivity contribution >= 4 is 0 Å². The molecule has 0 aromatic heterocycles. The Labute approximate surface area is 108 Å². The quantitative estimate of drug-likeness (QED) is 0.701. The minimum atomic E-state index is 0.748. The van der Waals surface area contributed by atoms with Crippen LogP contribution in [0, 0.1) is 11.8 Å². The van der Waals surface area contributed by atoms with Crippen molar-refractivity contribution in [3.8, 4) is 0 Å². The summed E-state index contributed by atoms with van der Waals surface area (Å²) in [5, 5.41) is 3.62. The molecule has 1 fully saturated rings. The summed E-state index contributed by atoms with van der Waals surface area (Å²) < 4.78 is 0. The summed E-state index contributed by atoms with van der Waals surface area (Å²) >= 11 is 0. The summed E-state index contributed by atoms with van der Waals surface area (Å²) in [4.78, 5) is 2.62. The maximum absolute atomic E-state index is 3.62. The zero-order valence-electron chi connectivity index (χ0n) is 12.5. The van der Waals surface area contributed by atoms with Gasteiger partial charge in [0.2, 0.25) is 0 Å². The fourth-order valence-corrected chi connectivity index (χ4v) is 2.83. The fourth-order valence-electron chi connectivity index (χ4n) is 2.83. The lowest BCUT2D eigenvalue weighted by atomic mass is 9.78. The Morgan fingerprint density at radius 2 is 1.94 bits per heavy atom. The monoisotopic (exact) mass is 240 g/mol. The Bertz CT molecular complexity index is 203. The van der Waals surface area contributed by atoms with Gasteiger partial charge in [-0.25, -0.2) is 0 Å². The van der Waals surface area contributed by atoms with Crippen LogP contribution in [0.2, 0.25) is 0 Å². The minimum absolute atomic E-state index is 0.748. The van der Waals surface area contributed by atoms with Crippen LogP contribution in [0.3, 0.4) is 0 Å². The van der Waals surface area contributed by atoms with Gasteiger partial charge in [-0.1, -0.05) is 27.2 Å². The molecule has 1 N–H and O–H groups in total. The van der Waals surface area contributed by atoms with Gasteiger partial charge in [-0.15, -0.1) is 0 Å². The molecule has 1 aliphatic carbocycles. The molecule has 3 atom stereocenters. The summed E-state index contributed by atoms with van der Waals surface area (Å²) in [6.45, 7) is 11.6. The SMILES string of the molecule is CCCC(C)N(C)C1CCC1CNCC(C)C. The summed E-state index contributed by atoms with van der Waals surface area (Å²) in [6, 6.07) is 1.58. The number of hydrogen-bond donors (Lipinski definition) is 1. The van der Waals surface area contributed by atoms with Crippen LogP contribution in [0.25, 0.3) is 0 Å². The van der Waals surface area contributed by atoms with E-state index in [-0.39, 0.29) is 0 Å². The number of nitrogens with zero attached hydrogens (tertiary/aromatic N) is 1. The molecule has 0 heterocycles. The molecule has 0 radical (unpaired) electrons. The van der Waals surface area contributed by atoms with Crippen LogP contribution in [0.5, 0.6) is 0 Å². The molecule has 102 valence electrons. The molecule has 3 unspecified atom stereocenters. The Kier molecular flexibility index (Phi) is 6.50. The van der Waals surface area contributed by atoms with Gasteiger partial charge >= 0.3 is 0 Å². The van der Waals surface area contributed by atoms with Crippen molar-refractivity contribution in [3.05, 3.63) is 0 Å². The normalized spacial score (nSPS) is 26.3. The zero-order chi connectivity index (χ0) is 12.8. The van der Waals surface area contributed by atoms with Crippen molar-refractivity contribution in [1.82, 2.24) is 10.2 Å². The van der Waals surface area contributed by atoms with E-state index in [4.69, 9.17) is 0 Å². The highest BCUT2D eigenvalue weighted by molar-refractivity contribution is 4.90. The lowest BCUT2D eigenvalue weighted by Gasteiger charge is -2.45. The average molecular weight is 240 g/mol. The van der Waals surface area contributed by atoms with Crippen LogP contribution in [0.15, 0.2) is 0 Å². The lowest BCUT2D eigenvalue weighted by Crippen LogP contribution is -2.52. The minimum Gasteiger partial charge on any atom is -0.316 e. The maximum atomic E-state index is 3.62. The highest BCUT2D eigenvalue weighted by Gasteiger charge is 2.34. The zero-order valence-corrected chi connectivity index (χ0v) is 12.5. The highest BCUT2D eigenvalue weighted by atomic mass is 15.2. The first-order chi connectivity index (χ1) is 8.06. The molecule has 0 bridgehead atoms. The molecule has 1 rings (SSSR count). The van der Waals surface area contributed by atoms with Gasteiger partial charge in [-0.2, -0.15) is 0 Å². The van der Waals surface area contributed by atoms with Crippen LogP contribution >= 0.6 is 0 Å². The second kappa shape index (κ2) is 7.38. The predicted molar refractivity (Wildman–Crippen MR) is 76.4 cm³/mol. The summed E-state index contributed by atoms with van der Waals surface area (Å²) in [5.74, 6) is 1.66. The topological polar surface area (TPSA) is 15.3 Å². The van der Waals surface area contributed by atoms with Crippen molar-refractivity contribution in [2.75, 3.05) is 20.1 Å². The standard InChI is InChI=1S/C15H32N2/c1-6-7-13(4)17(5)15-9-8-14(15)11-16-10-12(2)3/h12-16H,6-11H2,1-5H3. The van der Waals surface area contributed by atoms with Gasteiger partial charge < -0.3 is 10.2 Å². The van der Waals surface area contributed by atoms with Crippen molar-refractivity contribution in [2.24, 2.45) is 11.8 Å². The Balaban J connectivity index is 2.25. The van der Waals surface area contributed by atoms with Gasteiger partial charge in [0.05, 0.1) is 0 Å². The van der Waals surface area contributed by atoms with E-state index >= 15 is 0 Å². The first kappa shape index (κ1) is 15.0. The molecule has 0 aromatic rings. The molecule has 0 amide bonds. The summed E-state index contributed by atoms with van der Waals surface area (Å²) in [5.41, 5.74) is 0. The summed E-state index contributed by atoms with van der Waals surface area (Å²) in [7, 11) is 2.32. The molecular formula is C15H32N2. The predicted octanol–water partition coefficient (Wildman–Crippen LogP) is 3.13. The first-order valence-corrected chi connectivity index (χ1v) is 7.48. The Morgan fingerprint density at radius 1 is 1.24 bits per heavy atom. The van der Waals surface area contributed by atoms with Gasteiger partial charge in [-0.3, -0.25) is 0 Å². The summed E-state index contributed by atoms with van der Waals surface area (Å²) in [6.07, 6.45) is 5.45. The van der Waals surface area contributed by atoms with Gasteiger partial charge in [0.15, 0.2) is 0 Å². The Hall–Kier alpha value is -0.0800. The van der Waals surface area contributed by atoms with E-state index < -0.39 is 0 Å². The fraction of sp³-hybridized carbons (Fsp3) is 1.00. The number of hydrogen-bond acceptors (Lipinski definition) is 2. The van der Waals surface area contributed by atoms with E-state index in [2.05, 4.69) is 45.0 Å². The van der Waals surface area contributed by atoms with Crippen LogP contribution in [-0.4, -0.2) is 37.1 Å². The molecule has 0 saturated heterocycles. The van der Waals surface area contributed by atoms with Crippen molar-refractivity contribution in [2.45, 2.75) is 65.5 Å². The molecule has 1 saturated carbocycles. The average Bonchev–Trinajstić information content (AvgIpc) is 2.22. The third kappa shape index (κ3) is 4.59. The lowest BCUT2D eigenvalue weighted by molar-refractivity contribution is 0.0520. The van der Waals surface area contributed by atoms with Gasteiger partial charge in [0.1, 0.15) is 0 Å². The highest BCUT2D eigenvalue weighted by Crippen LogP contribution is 2.32. The first-order valence-electron chi connectivity index (χ1n) is 7.48. The number of nitrogens with one attached hydrogen (secondary N) is 1. The third-order valence-corrected chi connectivity index (χ3v) is 4.26. The molecule has 0 aromatic carbocycles. The molecule has 1 aliphatic rings. The van der Waals surface area contributed by atoms with Gasteiger partial charge in [-0.05, 0) is 58.2 Å². The molecule has 2 nitrogen and oxygen atoms in total. The van der Waals surface area contributed by atoms with Gasteiger partial charge in [0.25, 0.3) is 0 Å². The molecule has 0 aliphatic heterocycles. The van der Waals surface area contributed by atoms with E-state index in [0.717, 1.165) is 30.5 Å². The third-order valence-electron chi connectivity index (χ3n) is 4.26. The molecule has 0 spiro atoms. The van der Waals surface area contributed by atoms with E-state index in [9.17, 15) is 0 Å². The second-order valence-corrected chi connectivity index (χ2v) is 6.26. The van der Waals surface area contributed by atoms with Crippen LogP contribution in [0.4, 0.5) is 0 Å². The van der Waals surface area contributed by atoms with Crippen molar-refractivity contribution in [1.29, 1.82) is 0 Å². The van der Waals surface area contributed by atoms with Crippen LogP contribution < -0.4 is 5.32 Å². The second-order valence-electron chi connectivity index (χ2n) is 6.26. The van der Waals surface area contributed by atoms with E-state index in [1.165, 1.54) is 32.2 Å². The van der Waals surface area contributed by atoms with Crippen LogP contribution in [0.1, 0.15) is 53.4 Å². The van der Waals surface area contributed by atoms with Crippen LogP contribution in [-0.2, 0) is 0 Å². The van der Waals surface area contributed by atoms with E-state index in [1.54, 1.807) is 0 Å². The molecule has 17 heavy (non-hydrogen) atoms. The molecule has 2 heteroatoms. The largest absolute Gasteiger partial charge is 0.316 e. The number of rotatable bonds is 8. The smallest absolute Gasteiger partial charge is 0.0135 e. The Morgan fingerprint density at radius 3 is 2.41 bits per heavy atom. The van der Waals surface area contributed by atoms with Gasteiger partial charge in [0, 0.05) is 12.1 Å². The van der Waals surface area contributed by atoms with Crippen molar-refractivity contribution < 1.29 is 0 Å². The van der Waals surface area contributed by atoms with Crippen molar-refractivity contribution in [3.63, 3.8) is 0 Å². The maximum Gasteiger partial charge on any atom is 0.0135 e.